The van der Waals surface area contributed by atoms with Crippen LogP contribution in [0.25, 0.3) is 10.2 Å². The largest absolute Gasteiger partial charge is 0.494 e. The Kier molecular flexibility index (Phi) is 9.60. The third-order valence-electron chi connectivity index (χ3n) is 8.22. The fraction of sp³-hybridized carbons (Fsp3) is 0.533. The van der Waals surface area contributed by atoms with Crippen molar-refractivity contribution in [1.29, 1.82) is 0 Å². The van der Waals surface area contributed by atoms with Gasteiger partial charge in [0.25, 0.3) is 5.91 Å². The summed E-state index contributed by atoms with van der Waals surface area (Å²) in [4.78, 5) is 23.1. The lowest BCUT2D eigenvalue weighted by atomic mass is 9.96. The van der Waals surface area contributed by atoms with Gasteiger partial charge in [0.2, 0.25) is 10.0 Å². The van der Waals surface area contributed by atoms with Crippen LogP contribution in [0.4, 0.5) is 5.13 Å². The topological polar surface area (TPSA) is 92.3 Å². The van der Waals surface area contributed by atoms with Crippen molar-refractivity contribution in [3.63, 3.8) is 0 Å². The lowest BCUT2D eigenvalue weighted by Crippen LogP contribution is -2.39. The monoisotopic (exact) mass is 600 g/mol. The van der Waals surface area contributed by atoms with Crippen molar-refractivity contribution in [2.45, 2.75) is 56.4 Å². The molecule has 1 saturated carbocycles. The highest BCUT2D eigenvalue weighted by atomic mass is 32.2. The van der Waals surface area contributed by atoms with Crippen LogP contribution in [0.3, 0.4) is 0 Å². The van der Waals surface area contributed by atoms with Gasteiger partial charge >= 0.3 is 0 Å². The number of carbonyl (C=O) groups excluding carboxylic acids is 1. The smallest absolute Gasteiger partial charge is 0.260 e. The van der Waals surface area contributed by atoms with Gasteiger partial charge in [0.15, 0.2) is 5.13 Å². The molecule has 0 unspecified atom stereocenters. The van der Waals surface area contributed by atoms with Crippen LogP contribution >= 0.6 is 11.3 Å². The molecular weight excluding hydrogens is 560 g/mol. The average Bonchev–Trinajstić information content (AvgIpc) is 3.46. The van der Waals surface area contributed by atoms with Crippen molar-refractivity contribution in [2.24, 2.45) is 0 Å². The first kappa shape index (κ1) is 29.9. The van der Waals surface area contributed by atoms with E-state index in [1.165, 1.54) is 15.6 Å². The van der Waals surface area contributed by atoms with Crippen molar-refractivity contribution in [3.8, 4) is 5.75 Å². The van der Waals surface area contributed by atoms with Crippen LogP contribution in [-0.2, 0) is 14.8 Å². The standard InChI is InChI=1S/C30H40N4O5S2/c1-22-10-15-26(38-3)27-28(22)40-30(31-27)34(17-7-16-33-18-20-39-21-19-33)29(35)23-11-13-25(14-12-23)41(36,37)32(2)24-8-5-4-6-9-24/h10-15,24H,4-9,16-21H2,1-3H3. The first-order chi connectivity index (χ1) is 19.8. The van der Waals surface area contributed by atoms with Crippen LogP contribution in [-0.4, -0.2) is 88.1 Å². The van der Waals surface area contributed by atoms with E-state index in [1.54, 1.807) is 43.3 Å². The van der Waals surface area contributed by atoms with Gasteiger partial charge in [-0.05, 0) is 62.1 Å². The zero-order valence-electron chi connectivity index (χ0n) is 24.2. The summed E-state index contributed by atoms with van der Waals surface area (Å²) in [6, 6.07) is 10.3. The summed E-state index contributed by atoms with van der Waals surface area (Å²) < 4.78 is 40.2. The number of amides is 1. The fourth-order valence-electron chi connectivity index (χ4n) is 5.67. The second kappa shape index (κ2) is 13.2. The lowest BCUT2D eigenvalue weighted by Gasteiger charge is -2.30. The van der Waals surface area contributed by atoms with Crippen molar-refractivity contribution < 1.29 is 22.7 Å². The summed E-state index contributed by atoms with van der Waals surface area (Å²) in [6.07, 6.45) is 5.81. The SMILES string of the molecule is COc1ccc(C)c2sc(N(CCCN3CCOCC3)C(=O)c3ccc(S(=O)(=O)N(C)C4CCCCC4)cc3)nc12. The molecule has 2 aliphatic rings. The maximum atomic E-state index is 14.0. The maximum absolute atomic E-state index is 14.0. The van der Waals surface area contributed by atoms with Gasteiger partial charge in [0.05, 0.1) is 29.9 Å². The molecule has 2 aromatic carbocycles. The molecule has 11 heteroatoms. The summed E-state index contributed by atoms with van der Waals surface area (Å²) in [7, 11) is -0.350. The second-order valence-corrected chi connectivity index (χ2v) is 13.8. The van der Waals surface area contributed by atoms with E-state index in [0.717, 1.165) is 87.2 Å². The molecule has 0 atom stereocenters. The van der Waals surface area contributed by atoms with E-state index in [-0.39, 0.29) is 16.8 Å². The summed E-state index contributed by atoms with van der Waals surface area (Å²) >= 11 is 1.48. The fourth-order valence-corrected chi connectivity index (χ4v) is 8.16. The highest BCUT2D eigenvalue weighted by Crippen LogP contribution is 2.37. The molecule has 1 saturated heterocycles. The molecular formula is C30H40N4O5S2. The number of anilines is 1. The van der Waals surface area contributed by atoms with Crippen molar-refractivity contribution in [2.75, 3.05) is 58.5 Å². The number of nitrogens with zero attached hydrogens (tertiary/aromatic N) is 4. The molecule has 5 rings (SSSR count). The van der Waals surface area contributed by atoms with Gasteiger partial charge in [-0.3, -0.25) is 14.6 Å². The van der Waals surface area contributed by atoms with E-state index in [9.17, 15) is 13.2 Å². The maximum Gasteiger partial charge on any atom is 0.260 e. The summed E-state index contributed by atoms with van der Waals surface area (Å²) in [5, 5.41) is 0.605. The van der Waals surface area contributed by atoms with Crippen LogP contribution in [0, 0.1) is 6.92 Å². The number of sulfonamides is 1. The third kappa shape index (κ3) is 6.59. The zero-order valence-corrected chi connectivity index (χ0v) is 25.8. The molecule has 0 N–H and O–H groups in total. The molecule has 1 amide bonds. The Balaban J connectivity index is 1.39. The molecule has 1 aromatic heterocycles. The van der Waals surface area contributed by atoms with Gasteiger partial charge in [-0.2, -0.15) is 4.31 Å². The zero-order chi connectivity index (χ0) is 29.0. The number of ether oxygens (including phenoxy) is 2. The number of hydrogen-bond acceptors (Lipinski definition) is 8. The Hall–Kier alpha value is -2.57. The molecule has 222 valence electrons. The summed E-state index contributed by atoms with van der Waals surface area (Å²) in [5.41, 5.74) is 2.24. The summed E-state index contributed by atoms with van der Waals surface area (Å²) in [5.74, 6) is 0.470. The highest BCUT2D eigenvalue weighted by Gasteiger charge is 2.30. The first-order valence-corrected chi connectivity index (χ1v) is 16.7. The van der Waals surface area contributed by atoms with Gasteiger partial charge in [-0.15, -0.1) is 0 Å². The molecule has 2 heterocycles. The second-order valence-electron chi connectivity index (χ2n) is 10.9. The molecule has 3 aromatic rings. The van der Waals surface area contributed by atoms with E-state index in [1.807, 2.05) is 19.1 Å². The van der Waals surface area contributed by atoms with E-state index >= 15 is 0 Å². The quantitative estimate of drug-likeness (QED) is 0.326. The van der Waals surface area contributed by atoms with Crippen molar-refractivity contribution in [3.05, 3.63) is 47.5 Å². The van der Waals surface area contributed by atoms with Crippen LogP contribution in [0.2, 0.25) is 0 Å². The Labute approximate surface area is 247 Å². The Bertz CT molecular complexity index is 1450. The Morgan fingerprint density at radius 2 is 1.80 bits per heavy atom. The number of fused-ring (bicyclic) bond motifs is 1. The molecule has 0 bridgehead atoms. The van der Waals surface area contributed by atoms with Crippen LogP contribution in [0.5, 0.6) is 5.75 Å². The number of morpholine rings is 1. The molecule has 9 nitrogen and oxygen atoms in total. The Morgan fingerprint density at radius 3 is 2.49 bits per heavy atom. The van der Waals surface area contributed by atoms with E-state index in [4.69, 9.17) is 14.5 Å². The molecule has 41 heavy (non-hydrogen) atoms. The summed E-state index contributed by atoms with van der Waals surface area (Å²) in [6.45, 7) is 6.59. The Morgan fingerprint density at radius 1 is 1.10 bits per heavy atom. The predicted molar refractivity (Wildman–Crippen MR) is 163 cm³/mol. The number of methoxy groups -OCH3 is 1. The van der Waals surface area contributed by atoms with Crippen molar-refractivity contribution >= 4 is 42.6 Å². The van der Waals surface area contributed by atoms with Crippen molar-refractivity contribution in [1.82, 2.24) is 14.2 Å². The molecule has 0 radical (unpaired) electrons. The molecule has 0 spiro atoms. The lowest BCUT2D eigenvalue weighted by molar-refractivity contribution is 0.0376. The van der Waals surface area contributed by atoms with Gasteiger partial charge in [0, 0.05) is 44.8 Å². The third-order valence-corrected chi connectivity index (χ3v) is 11.4. The number of thiazole rings is 1. The molecule has 1 aliphatic heterocycles. The number of hydrogen-bond donors (Lipinski definition) is 0. The number of benzene rings is 2. The van der Waals surface area contributed by atoms with Crippen LogP contribution < -0.4 is 9.64 Å². The number of rotatable bonds is 10. The average molecular weight is 601 g/mol. The van der Waals surface area contributed by atoms with Gasteiger partial charge in [0.1, 0.15) is 11.3 Å². The van der Waals surface area contributed by atoms with E-state index in [2.05, 4.69) is 4.90 Å². The molecule has 2 fully saturated rings. The number of aryl methyl sites for hydroxylation is 1. The van der Waals surface area contributed by atoms with E-state index < -0.39 is 10.0 Å². The first-order valence-electron chi connectivity index (χ1n) is 14.4. The van der Waals surface area contributed by atoms with Crippen LogP contribution in [0.15, 0.2) is 41.3 Å². The minimum Gasteiger partial charge on any atom is -0.494 e. The minimum atomic E-state index is -3.64. The minimum absolute atomic E-state index is 0.0245. The number of carbonyl (C=O) groups is 1. The van der Waals surface area contributed by atoms with Gasteiger partial charge in [-0.25, -0.2) is 13.4 Å². The van der Waals surface area contributed by atoms with Crippen LogP contribution in [0.1, 0.15) is 54.4 Å². The normalized spacial score (nSPS) is 17.3. The highest BCUT2D eigenvalue weighted by molar-refractivity contribution is 7.89. The van der Waals surface area contributed by atoms with Gasteiger partial charge < -0.3 is 9.47 Å². The van der Waals surface area contributed by atoms with E-state index in [0.29, 0.717) is 23.0 Å². The van der Waals surface area contributed by atoms with Gasteiger partial charge in [-0.1, -0.05) is 36.7 Å². The number of aromatic nitrogens is 1. The molecule has 1 aliphatic carbocycles. The predicted octanol–water partition coefficient (Wildman–Crippen LogP) is 4.94.